The maximum atomic E-state index is 11.6. The fourth-order valence-corrected chi connectivity index (χ4v) is 1.13. The molecule has 86 valence electrons. The number of ether oxygens (including phenoxy) is 2. The van der Waals surface area contributed by atoms with Gasteiger partial charge in [-0.15, -0.1) is 0 Å². The van der Waals surface area contributed by atoms with Gasteiger partial charge in [0.15, 0.2) is 11.6 Å². The molecule has 0 aliphatic heterocycles. The quantitative estimate of drug-likeness (QED) is 0.391. The highest BCUT2D eigenvalue weighted by atomic mass is 16.7. The number of nitrogens with zero attached hydrogens (tertiary/aromatic N) is 2. The van der Waals surface area contributed by atoms with Gasteiger partial charge in [0.25, 0.3) is 0 Å². The number of aromatic nitrogens is 2. The zero-order valence-electron chi connectivity index (χ0n) is 9.04. The van der Waals surface area contributed by atoms with Gasteiger partial charge in [-0.05, 0) is 0 Å². The minimum absolute atomic E-state index is 0.154. The molecule has 1 heterocycles. The Balaban J connectivity index is 2.62. The molecule has 0 spiro atoms. The predicted molar refractivity (Wildman–Crippen MR) is 53.8 cm³/mol. The maximum Gasteiger partial charge on any atom is 0.217 e. The number of rotatable bonds is 6. The lowest BCUT2D eigenvalue weighted by Crippen LogP contribution is -2.27. The van der Waals surface area contributed by atoms with E-state index in [0.717, 1.165) is 0 Å². The summed E-state index contributed by atoms with van der Waals surface area (Å²) < 4.78 is 9.48. The molecule has 6 nitrogen and oxygen atoms in total. The summed E-state index contributed by atoms with van der Waals surface area (Å²) in [5, 5.41) is 0. The summed E-state index contributed by atoms with van der Waals surface area (Å²) in [7, 11) is 2.66. The zero-order valence-corrected chi connectivity index (χ0v) is 9.04. The molecular formula is C10H12N2O4. The van der Waals surface area contributed by atoms with E-state index in [2.05, 4.69) is 9.97 Å². The highest BCUT2D eigenvalue weighted by molar-refractivity contribution is 6.07. The van der Waals surface area contributed by atoms with Crippen molar-refractivity contribution < 1.29 is 19.1 Å². The second-order valence-electron chi connectivity index (χ2n) is 2.96. The summed E-state index contributed by atoms with van der Waals surface area (Å²) in [5.41, 5.74) is 0.154. The van der Waals surface area contributed by atoms with Crippen LogP contribution in [0.1, 0.15) is 16.9 Å². The van der Waals surface area contributed by atoms with E-state index in [4.69, 9.17) is 9.47 Å². The average molecular weight is 224 g/mol. The van der Waals surface area contributed by atoms with E-state index in [-0.39, 0.29) is 12.1 Å². The number of carbonyl (C=O) groups excluding carboxylic acids is 2. The minimum atomic E-state index is -1.01. The molecular weight excluding hydrogens is 212 g/mol. The maximum absolute atomic E-state index is 11.6. The van der Waals surface area contributed by atoms with Crippen LogP contribution in [-0.4, -0.2) is 42.0 Å². The number of carbonyl (C=O) groups is 2. The van der Waals surface area contributed by atoms with Gasteiger partial charge < -0.3 is 9.47 Å². The zero-order chi connectivity index (χ0) is 12.0. The Kier molecular flexibility index (Phi) is 4.68. The van der Waals surface area contributed by atoms with Gasteiger partial charge in [0.2, 0.25) is 6.29 Å². The van der Waals surface area contributed by atoms with Crippen LogP contribution in [-0.2, 0) is 14.3 Å². The molecule has 0 bridgehead atoms. The Morgan fingerprint density at radius 1 is 1.31 bits per heavy atom. The summed E-state index contributed by atoms with van der Waals surface area (Å²) in [6.45, 7) is 0. The number of hydrogen-bond donors (Lipinski definition) is 0. The van der Waals surface area contributed by atoms with Gasteiger partial charge in [0, 0.05) is 26.6 Å². The standard InChI is InChI=1S/C10H12N2O4/c1-15-10(16-2)9(14)5-8(13)7-6-11-3-4-12-7/h3-4,6,10H,5H2,1-2H3. The van der Waals surface area contributed by atoms with Crippen LogP contribution < -0.4 is 0 Å². The van der Waals surface area contributed by atoms with Crippen LogP contribution in [0.3, 0.4) is 0 Å². The van der Waals surface area contributed by atoms with Crippen molar-refractivity contribution in [3.63, 3.8) is 0 Å². The van der Waals surface area contributed by atoms with E-state index in [9.17, 15) is 9.59 Å². The summed E-state index contributed by atoms with van der Waals surface area (Å²) in [6, 6.07) is 0. The topological polar surface area (TPSA) is 78.4 Å². The molecule has 0 radical (unpaired) electrons. The van der Waals surface area contributed by atoms with E-state index in [1.54, 1.807) is 0 Å². The van der Waals surface area contributed by atoms with Crippen molar-refractivity contribution in [2.24, 2.45) is 0 Å². The Hall–Kier alpha value is -1.66. The molecule has 0 amide bonds. The lowest BCUT2D eigenvalue weighted by atomic mass is 10.1. The van der Waals surface area contributed by atoms with Gasteiger partial charge in [0.1, 0.15) is 5.69 Å². The molecule has 0 N–H and O–H groups in total. The second kappa shape index (κ2) is 6.04. The molecule has 0 atom stereocenters. The fourth-order valence-electron chi connectivity index (χ4n) is 1.13. The van der Waals surface area contributed by atoms with Crippen molar-refractivity contribution in [1.82, 2.24) is 9.97 Å². The van der Waals surface area contributed by atoms with Crippen LogP contribution in [0.2, 0.25) is 0 Å². The average Bonchev–Trinajstić information content (AvgIpc) is 2.31. The number of methoxy groups -OCH3 is 2. The van der Waals surface area contributed by atoms with Gasteiger partial charge >= 0.3 is 0 Å². The van der Waals surface area contributed by atoms with Gasteiger partial charge in [-0.25, -0.2) is 4.98 Å². The van der Waals surface area contributed by atoms with Gasteiger partial charge in [-0.1, -0.05) is 0 Å². The van der Waals surface area contributed by atoms with Crippen LogP contribution in [0.15, 0.2) is 18.6 Å². The normalized spacial score (nSPS) is 10.4. The molecule has 1 aromatic heterocycles. The van der Waals surface area contributed by atoms with Crippen molar-refractivity contribution in [1.29, 1.82) is 0 Å². The first kappa shape index (κ1) is 12.4. The largest absolute Gasteiger partial charge is 0.349 e. The predicted octanol–water partition coefficient (Wildman–Crippen LogP) is 0.237. The molecule has 6 heteroatoms. The van der Waals surface area contributed by atoms with E-state index < -0.39 is 17.9 Å². The molecule has 0 aromatic carbocycles. The van der Waals surface area contributed by atoms with E-state index >= 15 is 0 Å². The molecule has 0 aliphatic carbocycles. The second-order valence-corrected chi connectivity index (χ2v) is 2.96. The van der Waals surface area contributed by atoms with Crippen molar-refractivity contribution in [2.75, 3.05) is 14.2 Å². The summed E-state index contributed by atoms with van der Waals surface area (Å²) in [4.78, 5) is 30.6. The van der Waals surface area contributed by atoms with E-state index in [1.165, 1.54) is 32.8 Å². The number of ketones is 2. The summed E-state index contributed by atoms with van der Waals surface area (Å²) in [5.74, 6) is -0.849. The van der Waals surface area contributed by atoms with Crippen molar-refractivity contribution in [3.8, 4) is 0 Å². The van der Waals surface area contributed by atoms with Gasteiger partial charge in [0.05, 0.1) is 12.6 Å². The first-order valence-corrected chi connectivity index (χ1v) is 4.56. The monoisotopic (exact) mass is 224 g/mol. The fraction of sp³-hybridized carbons (Fsp3) is 0.400. The lowest BCUT2D eigenvalue weighted by molar-refractivity contribution is -0.155. The molecule has 0 fully saturated rings. The Morgan fingerprint density at radius 3 is 2.50 bits per heavy atom. The Morgan fingerprint density at radius 2 is 2.00 bits per heavy atom. The SMILES string of the molecule is COC(OC)C(=O)CC(=O)c1cnccn1. The third kappa shape index (κ3) is 3.18. The Bertz CT molecular complexity index is 362. The third-order valence-corrected chi connectivity index (χ3v) is 1.87. The van der Waals surface area contributed by atoms with Crippen molar-refractivity contribution in [3.05, 3.63) is 24.3 Å². The van der Waals surface area contributed by atoms with Crippen LogP contribution in [0.25, 0.3) is 0 Å². The molecule has 1 rings (SSSR count). The molecule has 0 saturated carbocycles. The highest BCUT2D eigenvalue weighted by Crippen LogP contribution is 2.03. The van der Waals surface area contributed by atoms with Crippen LogP contribution in [0.5, 0.6) is 0 Å². The van der Waals surface area contributed by atoms with Gasteiger partial charge in [-0.2, -0.15) is 0 Å². The molecule has 0 aliphatic rings. The van der Waals surface area contributed by atoms with Crippen molar-refractivity contribution >= 4 is 11.6 Å². The molecule has 0 unspecified atom stereocenters. The first-order chi connectivity index (χ1) is 7.69. The third-order valence-electron chi connectivity index (χ3n) is 1.87. The summed E-state index contributed by atoms with van der Waals surface area (Å²) >= 11 is 0. The highest BCUT2D eigenvalue weighted by Gasteiger charge is 2.21. The van der Waals surface area contributed by atoms with Crippen molar-refractivity contribution in [2.45, 2.75) is 12.7 Å². The van der Waals surface area contributed by atoms with Gasteiger partial charge in [-0.3, -0.25) is 14.6 Å². The van der Waals surface area contributed by atoms with Crippen LogP contribution in [0, 0.1) is 0 Å². The summed E-state index contributed by atoms with van der Waals surface area (Å²) in [6.07, 6.45) is 2.82. The molecule has 1 aromatic rings. The van der Waals surface area contributed by atoms with Crippen LogP contribution >= 0.6 is 0 Å². The smallest absolute Gasteiger partial charge is 0.217 e. The van der Waals surface area contributed by atoms with E-state index in [1.807, 2.05) is 0 Å². The van der Waals surface area contributed by atoms with E-state index in [0.29, 0.717) is 0 Å². The molecule has 0 saturated heterocycles. The lowest BCUT2D eigenvalue weighted by Gasteiger charge is -2.10. The first-order valence-electron chi connectivity index (χ1n) is 4.56. The number of Topliss-reactive ketones (excluding diaryl/α,β-unsaturated/α-hetero) is 2. The Labute approximate surface area is 92.6 Å². The number of hydrogen-bond acceptors (Lipinski definition) is 6. The minimum Gasteiger partial charge on any atom is -0.349 e. The molecule has 16 heavy (non-hydrogen) atoms. The van der Waals surface area contributed by atoms with Crippen LogP contribution in [0.4, 0.5) is 0 Å².